The van der Waals surface area contributed by atoms with E-state index in [1.807, 2.05) is 42.5 Å². The van der Waals surface area contributed by atoms with Crippen molar-refractivity contribution in [3.63, 3.8) is 0 Å². The van der Waals surface area contributed by atoms with Gasteiger partial charge < -0.3 is 10.1 Å². The molecule has 1 aromatic heterocycles. The molecule has 1 N–H and O–H groups in total. The first-order valence-electron chi connectivity index (χ1n) is 10.5. The van der Waals surface area contributed by atoms with E-state index in [0.29, 0.717) is 26.3 Å². The molecule has 1 amide bonds. The summed E-state index contributed by atoms with van der Waals surface area (Å²) in [6.07, 6.45) is 1.78. The van der Waals surface area contributed by atoms with Gasteiger partial charge in [0, 0.05) is 12.6 Å². The normalized spacial score (nSPS) is 15.6. The Morgan fingerprint density at radius 1 is 1.15 bits per heavy atom. The third-order valence-corrected chi connectivity index (χ3v) is 6.14. The first-order valence-corrected chi connectivity index (χ1v) is 11.3. The Bertz CT molecular complexity index is 1420. The van der Waals surface area contributed by atoms with Gasteiger partial charge >= 0.3 is 5.97 Å². The van der Waals surface area contributed by atoms with Crippen LogP contribution in [-0.4, -0.2) is 23.1 Å². The van der Waals surface area contributed by atoms with Crippen molar-refractivity contribution in [3.8, 4) is 0 Å². The Hall–Kier alpha value is -3.78. The number of rotatable bonds is 5. The molecule has 1 atom stereocenters. The number of nitrogens with one attached hydrogen (secondary N) is 1. The van der Waals surface area contributed by atoms with Crippen molar-refractivity contribution in [1.29, 1.82) is 0 Å². The summed E-state index contributed by atoms with van der Waals surface area (Å²) in [4.78, 5) is 42.7. The van der Waals surface area contributed by atoms with Crippen LogP contribution < -0.4 is 20.2 Å². The molecule has 1 aliphatic rings. The molecule has 0 bridgehead atoms. The number of carbonyl (C=O) groups is 2. The lowest BCUT2D eigenvalue weighted by atomic mass is 9.96. The highest BCUT2D eigenvalue weighted by molar-refractivity contribution is 7.07. The molecule has 0 spiro atoms. The zero-order valence-electron chi connectivity index (χ0n) is 18.5. The molecule has 4 rings (SSSR count). The molecule has 8 heteroatoms. The minimum absolute atomic E-state index is 0.148. The minimum atomic E-state index is -0.620. The zero-order chi connectivity index (χ0) is 23.5. The van der Waals surface area contributed by atoms with Crippen molar-refractivity contribution in [1.82, 2.24) is 4.57 Å². The number of benzene rings is 2. The largest absolute Gasteiger partial charge is 0.463 e. The molecule has 0 saturated heterocycles. The topological polar surface area (TPSA) is 89.8 Å². The number of thiazole rings is 1. The number of hydrogen-bond acceptors (Lipinski definition) is 6. The van der Waals surface area contributed by atoms with Crippen LogP contribution >= 0.6 is 11.3 Å². The van der Waals surface area contributed by atoms with E-state index in [4.69, 9.17) is 4.74 Å². The fraction of sp³-hybridized carbons (Fsp3) is 0.200. The number of fused-ring (bicyclic) bond motifs is 1. The molecule has 168 valence electrons. The van der Waals surface area contributed by atoms with Crippen LogP contribution in [0.4, 0.5) is 5.69 Å². The summed E-state index contributed by atoms with van der Waals surface area (Å²) >= 11 is 1.27. The summed E-state index contributed by atoms with van der Waals surface area (Å²) in [7, 11) is 0. The second-order valence-electron chi connectivity index (χ2n) is 7.52. The lowest BCUT2D eigenvalue weighted by Crippen LogP contribution is -2.39. The molecule has 0 fully saturated rings. The fourth-order valence-corrected chi connectivity index (χ4v) is 4.81. The van der Waals surface area contributed by atoms with Crippen molar-refractivity contribution in [3.05, 3.63) is 96.7 Å². The number of carbonyl (C=O) groups excluding carboxylic acids is 2. The molecule has 7 nitrogen and oxygen atoms in total. The van der Waals surface area contributed by atoms with Crippen molar-refractivity contribution < 1.29 is 14.3 Å². The second-order valence-corrected chi connectivity index (χ2v) is 8.53. The first kappa shape index (κ1) is 22.4. The summed E-state index contributed by atoms with van der Waals surface area (Å²) in [5.41, 5.74) is 2.97. The Morgan fingerprint density at radius 3 is 2.48 bits per heavy atom. The van der Waals surface area contributed by atoms with Gasteiger partial charge in [0.05, 0.1) is 28.5 Å². The van der Waals surface area contributed by atoms with Gasteiger partial charge in [0.1, 0.15) is 0 Å². The molecule has 0 unspecified atom stereocenters. The molecule has 0 radical (unpaired) electrons. The Balaban J connectivity index is 1.85. The van der Waals surface area contributed by atoms with E-state index >= 15 is 0 Å². The average molecular weight is 462 g/mol. The number of nitrogens with zero attached hydrogens (tertiary/aromatic N) is 2. The van der Waals surface area contributed by atoms with Crippen molar-refractivity contribution in [2.24, 2.45) is 4.99 Å². The third-order valence-electron chi connectivity index (χ3n) is 5.16. The Kier molecular flexibility index (Phi) is 6.37. The second kappa shape index (κ2) is 9.38. The molecular formula is C25H23N3O4S. The molecular weight excluding hydrogens is 438 g/mol. The molecule has 0 aliphatic carbocycles. The van der Waals surface area contributed by atoms with Gasteiger partial charge in [-0.1, -0.05) is 53.8 Å². The van der Waals surface area contributed by atoms with Gasteiger partial charge in [-0.15, -0.1) is 0 Å². The average Bonchev–Trinajstić information content (AvgIpc) is 3.09. The van der Waals surface area contributed by atoms with Crippen LogP contribution in [0, 0.1) is 0 Å². The van der Waals surface area contributed by atoms with Crippen LogP contribution in [0.25, 0.3) is 6.08 Å². The van der Waals surface area contributed by atoms with Gasteiger partial charge in [-0.25, -0.2) is 9.79 Å². The number of hydrogen-bond donors (Lipinski definition) is 1. The Morgan fingerprint density at radius 2 is 1.85 bits per heavy atom. The van der Waals surface area contributed by atoms with Gasteiger partial charge in [-0.05, 0) is 43.2 Å². The summed E-state index contributed by atoms with van der Waals surface area (Å²) in [6, 6.07) is 16.0. The third kappa shape index (κ3) is 4.56. The van der Waals surface area contributed by atoms with Gasteiger partial charge in [0.25, 0.3) is 5.56 Å². The predicted molar refractivity (Wildman–Crippen MR) is 128 cm³/mol. The quantitative estimate of drug-likeness (QED) is 0.592. The van der Waals surface area contributed by atoms with Crippen molar-refractivity contribution in [2.75, 3.05) is 11.9 Å². The van der Waals surface area contributed by atoms with E-state index in [2.05, 4.69) is 10.3 Å². The molecule has 33 heavy (non-hydrogen) atoms. The van der Waals surface area contributed by atoms with Crippen LogP contribution in [0.1, 0.15) is 37.9 Å². The highest BCUT2D eigenvalue weighted by Crippen LogP contribution is 2.30. The summed E-state index contributed by atoms with van der Waals surface area (Å²) in [5.74, 6) is -0.625. The van der Waals surface area contributed by atoms with Crippen molar-refractivity contribution in [2.45, 2.75) is 26.8 Å². The van der Waals surface area contributed by atoms with Crippen LogP contribution in [0.3, 0.4) is 0 Å². The molecule has 2 aromatic carbocycles. The summed E-state index contributed by atoms with van der Waals surface area (Å²) < 4.78 is 7.36. The summed E-state index contributed by atoms with van der Waals surface area (Å²) in [5, 5.41) is 2.72. The highest BCUT2D eigenvalue weighted by Gasteiger charge is 2.33. The van der Waals surface area contributed by atoms with Crippen LogP contribution in [0.5, 0.6) is 0 Å². The van der Waals surface area contributed by atoms with Gasteiger partial charge in [-0.2, -0.15) is 0 Å². The van der Waals surface area contributed by atoms with Gasteiger partial charge in [0.15, 0.2) is 4.80 Å². The molecule has 3 aromatic rings. The number of esters is 1. The van der Waals surface area contributed by atoms with E-state index < -0.39 is 12.0 Å². The maximum atomic E-state index is 13.5. The number of amides is 1. The Labute approximate surface area is 194 Å². The van der Waals surface area contributed by atoms with Crippen LogP contribution in [0.2, 0.25) is 0 Å². The van der Waals surface area contributed by atoms with E-state index in [-0.39, 0.29) is 18.1 Å². The van der Waals surface area contributed by atoms with E-state index in [1.165, 1.54) is 18.3 Å². The van der Waals surface area contributed by atoms with Crippen LogP contribution in [0.15, 0.2) is 75.7 Å². The zero-order valence-corrected chi connectivity index (χ0v) is 19.3. The first-order chi connectivity index (χ1) is 15.9. The lowest BCUT2D eigenvalue weighted by molar-refractivity contribution is -0.139. The number of anilines is 1. The molecule has 1 aliphatic heterocycles. The maximum Gasteiger partial charge on any atom is 0.338 e. The molecule has 0 saturated carbocycles. The standard InChI is InChI=1S/C25H23N3O4S/c1-4-32-24(31)21-15(2)26-25-28(22(21)18-8-6-5-7-9-18)23(30)20(33-25)14-17-10-12-19(13-11-17)27-16(3)29/h5-14,22H,4H2,1-3H3,(H,27,29)/b20-14-/t22-/m1/s1. The van der Waals surface area contributed by atoms with E-state index in [1.54, 1.807) is 36.6 Å². The minimum Gasteiger partial charge on any atom is -0.463 e. The van der Waals surface area contributed by atoms with Gasteiger partial charge in [-0.3, -0.25) is 14.2 Å². The summed E-state index contributed by atoms with van der Waals surface area (Å²) in [6.45, 7) is 5.19. The SMILES string of the molecule is CCOC(=O)C1=C(C)N=c2s/c(=C\c3ccc(NC(C)=O)cc3)c(=O)n2[C@@H]1c1ccccc1. The van der Waals surface area contributed by atoms with E-state index in [9.17, 15) is 14.4 Å². The smallest absolute Gasteiger partial charge is 0.338 e. The fourth-order valence-electron chi connectivity index (χ4n) is 3.76. The number of aromatic nitrogens is 1. The van der Waals surface area contributed by atoms with E-state index in [0.717, 1.165) is 11.1 Å². The number of allylic oxidation sites excluding steroid dienone is 1. The predicted octanol–water partition coefficient (Wildman–Crippen LogP) is 2.76. The lowest BCUT2D eigenvalue weighted by Gasteiger charge is -2.24. The van der Waals surface area contributed by atoms with Gasteiger partial charge in [0.2, 0.25) is 5.91 Å². The highest BCUT2D eigenvalue weighted by atomic mass is 32.1. The van der Waals surface area contributed by atoms with Crippen molar-refractivity contribution >= 4 is 35.0 Å². The van der Waals surface area contributed by atoms with Crippen LogP contribution in [-0.2, 0) is 14.3 Å². The maximum absolute atomic E-state index is 13.5. The monoisotopic (exact) mass is 461 g/mol. The molecule has 2 heterocycles. The number of ether oxygens (including phenoxy) is 1.